The molecule has 0 spiro atoms. The molecule has 46 heteroatoms. The standard InChI is InChI=1S/C40H44N12O22S6.6Na/c53-15-11-51(12-16-54)39-47-35(45-37(49-39)43-29-22-28(78(60,61)62)8-9-31(29)76-73-70-58)41-25-5-3-23(32(19-25)77-74-71-59)1-2-24-4-6-26(20-34(24)80(66,67)68)42-36-46-38(50-40(48-36)52(13-17-55)14-18-56)44-30-21-27(75-72-69-57)7-10-33(30)79(63,64)65;;;;;;/h1-10,19-22,53-59H,11-18H2,(H,60,61,62)(H,63,64,65)(H,66,67,68)(H2,41,43,45,47,49)(H2,42,44,46,48,50);;;;;;/q;6*+1/p-6. The number of nitrogens with zero attached hydrogens (tertiary/aromatic N) is 8. The van der Waals surface area contributed by atoms with Crippen LogP contribution < -0.4 is 224 Å². The van der Waals surface area contributed by atoms with E-state index in [1.54, 1.807) is 0 Å². The number of nitrogens with one attached hydrogen (secondary N) is 4. The number of hydrogen-bond donors (Lipinski definition) is 8. The third-order valence-electron chi connectivity index (χ3n) is 9.96. The van der Waals surface area contributed by atoms with Gasteiger partial charge in [0.2, 0.25) is 35.7 Å². The van der Waals surface area contributed by atoms with Gasteiger partial charge in [-0.2, -0.15) is 42.9 Å². The average Bonchev–Trinajstić information content (AvgIpc) is 2.35. The maximum absolute atomic E-state index is 12.8. The Morgan fingerprint density at radius 1 is 0.453 bits per heavy atom. The largest absolute Gasteiger partial charge is 1.00 e. The van der Waals surface area contributed by atoms with Crippen LogP contribution in [0.5, 0.6) is 0 Å². The summed E-state index contributed by atoms with van der Waals surface area (Å²) in [4.78, 5) is 26.1. The van der Waals surface area contributed by atoms with E-state index in [9.17, 15) is 75.1 Å². The van der Waals surface area contributed by atoms with E-state index in [0.717, 1.165) is 42.5 Å². The van der Waals surface area contributed by atoms with Gasteiger partial charge in [-0.05, 0) is 71.8 Å². The molecule has 432 valence electrons. The molecule has 0 aliphatic heterocycles. The van der Waals surface area contributed by atoms with Gasteiger partial charge in [-0.15, -0.1) is 0 Å². The summed E-state index contributed by atoms with van der Waals surface area (Å²) in [5.74, 6) is -1.84. The van der Waals surface area contributed by atoms with E-state index >= 15 is 0 Å². The van der Waals surface area contributed by atoms with Crippen molar-refractivity contribution in [2.75, 3.05) is 83.7 Å². The maximum atomic E-state index is 12.8. The topological polar surface area (TPSA) is 509 Å². The minimum Gasteiger partial charge on any atom is -0.744 e. The fourth-order valence-electron chi connectivity index (χ4n) is 6.68. The van der Waals surface area contributed by atoms with Crippen LogP contribution in [0.4, 0.5) is 58.4 Å². The minimum atomic E-state index is -5.31. The summed E-state index contributed by atoms with van der Waals surface area (Å²) < 4.78 is 124. The average molecular weight is 1370 g/mol. The molecule has 86 heavy (non-hydrogen) atoms. The summed E-state index contributed by atoms with van der Waals surface area (Å²) in [5, 5.41) is 92.2. The van der Waals surface area contributed by atoms with Crippen LogP contribution in [-0.2, 0) is 58.5 Å². The van der Waals surface area contributed by atoms with Crippen LogP contribution >= 0.6 is 36.1 Å². The molecular weight excluding hydrogens is 1330 g/mol. The van der Waals surface area contributed by atoms with Gasteiger partial charge >= 0.3 is 177 Å². The molecule has 0 fully saturated rings. The first kappa shape index (κ1) is 85.7. The zero-order valence-corrected chi connectivity index (χ0v) is 62.8. The first-order valence-corrected chi connectivity index (χ1v) is 28.2. The van der Waals surface area contributed by atoms with Gasteiger partial charge in [0, 0.05) is 47.3 Å². The molecule has 2 aromatic heterocycles. The molecule has 0 unspecified atom stereocenters. The molecular formula is C40H38N12Na6O22S6. The summed E-state index contributed by atoms with van der Waals surface area (Å²) in [7, 11) is -15.5. The summed E-state index contributed by atoms with van der Waals surface area (Å²) in [6.45, 7) is -2.35. The second kappa shape index (κ2) is 42.1. The maximum Gasteiger partial charge on any atom is 1.00 e. The molecule has 8 N–H and O–H groups in total. The van der Waals surface area contributed by atoms with Gasteiger partial charge in [-0.1, -0.05) is 24.3 Å². The zero-order valence-electron chi connectivity index (χ0n) is 45.9. The first-order valence-electron chi connectivity index (χ1n) is 21.7. The van der Waals surface area contributed by atoms with Crippen LogP contribution in [0.2, 0.25) is 0 Å². The van der Waals surface area contributed by atoms with Gasteiger partial charge < -0.3 is 80.9 Å². The zero-order chi connectivity index (χ0) is 58.0. The Kier molecular flexibility index (Phi) is 42.0. The van der Waals surface area contributed by atoms with E-state index in [-0.39, 0.29) is 270 Å². The van der Waals surface area contributed by atoms with Gasteiger partial charge in [0.05, 0.1) is 93.5 Å². The fourth-order valence-corrected chi connectivity index (χ4v) is 9.81. The molecule has 0 atom stereocenters. The Hall–Kier alpha value is -0.300. The van der Waals surface area contributed by atoms with Crippen LogP contribution in [0.25, 0.3) is 12.2 Å². The monoisotopic (exact) mass is 1370 g/mol. The van der Waals surface area contributed by atoms with E-state index in [4.69, 9.17) is 0 Å². The Morgan fingerprint density at radius 3 is 1.35 bits per heavy atom. The molecule has 0 radical (unpaired) electrons. The Bertz CT molecular complexity index is 3490. The van der Waals surface area contributed by atoms with E-state index in [1.165, 1.54) is 52.3 Å². The van der Waals surface area contributed by atoms with E-state index in [0.29, 0.717) is 36.1 Å². The number of aliphatic hydroxyl groups excluding tert-OH is 4. The van der Waals surface area contributed by atoms with E-state index in [1.807, 2.05) is 0 Å². The van der Waals surface area contributed by atoms with Crippen LogP contribution in [0.3, 0.4) is 0 Å². The number of hydrogen-bond acceptors (Lipinski definition) is 37. The van der Waals surface area contributed by atoms with Crippen LogP contribution in [-0.4, -0.2) is 142 Å². The van der Waals surface area contributed by atoms with Crippen LogP contribution in [0.15, 0.2) is 102 Å². The van der Waals surface area contributed by atoms with E-state index < -0.39 is 89.1 Å². The molecule has 34 nitrogen and oxygen atoms in total. The Labute approximate surface area is 635 Å². The van der Waals surface area contributed by atoms with Crippen molar-refractivity contribution in [3.8, 4) is 0 Å². The predicted octanol–water partition coefficient (Wildman–Crippen LogP) is -18.8. The minimum absolute atomic E-state index is 0. The second-order valence-corrected chi connectivity index (χ2v) is 21.4. The van der Waals surface area contributed by atoms with Gasteiger partial charge in [0.1, 0.15) is 30.4 Å². The number of aliphatic hydroxyl groups is 4. The predicted molar refractivity (Wildman–Crippen MR) is 268 cm³/mol. The second-order valence-electron chi connectivity index (χ2n) is 15.1. The Balaban J connectivity index is 0.0000120. The van der Waals surface area contributed by atoms with Crippen LogP contribution in [0.1, 0.15) is 11.1 Å². The first-order chi connectivity index (χ1) is 38.2. The molecule has 4 aromatic carbocycles. The smallest absolute Gasteiger partial charge is 0.744 e. The van der Waals surface area contributed by atoms with Crippen molar-refractivity contribution in [1.29, 1.82) is 0 Å². The molecule has 2 heterocycles. The molecule has 0 amide bonds. The van der Waals surface area contributed by atoms with Crippen molar-refractivity contribution in [3.63, 3.8) is 0 Å². The molecule has 0 aliphatic rings. The van der Waals surface area contributed by atoms with Crippen molar-refractivity contribution in [2.24, 2.45) is 0 Å². The van der Waals surface area contributed by atoms with Crippen molar-refractivity contribution < 1.29 is 281 Å². The van der Waals surface area contributed by atoms with Gasteiger partial charge in [0.15, 0.2) is 0 Å². The molecule has 0 aliphatic carbocycles. The summed E-state index contributed by atoms with van der Waals surface area (Å²) in [5.41, 5.74) is -0.532. The third kappa shape index (κ3) is 26.6. The van der Waals surface area contributed by atoms with Crippen molar-refractivity contribution in [1.82, 2.24) is 29.9 Å². The third-order valence-corrected chi connectivity index (χ3v) is 14.5. The number of anilines is 10. The molecule has 6 aromatic rings. The number of rotatable bonds is 32. The van der Waals surface area contributed by atoms with E-state index in [2.05, 4.69) is 79.3 Å². The van der Waals surface area contributed by atoms with Crippen molar-refractivity contribution in [2.45, 2.75) is 29.4 Å². The summed E-state index contributed by atoms with van der Waals surface area (Å²) >= 11 is 1.07. The van der Waals surface area contributed by atoms with Crippen molar-refractivity contribution >= 4 is 137 Å². The quantitative estimate of drug-likeness (QED) is 0.00485. The summed E-state index contributed by atoms with van der Waals surface area (Å²) in [6.07, 6.45) is 2.54. The molecule has 0 saturated heterocycles. The van der Waals surface area contributed by atoms with Gasteiger partial charge in [-0.25, -0.2) is 25.3 Å². The SMILES string of the molecule is O=S(=O)([O-])c1ccc(SOO[O-])c(Nc2nc(Nc3ccc(C=Cc4ccc(Nc5nc(Nc6cc(SOO[O-])ccc6S(=O)(=O)[O-])nc(N(CCO)CCO)n5)cc4S(=O)(=O)[O-])c(SOO[O-])c3)nc(N(CCO)CCO)n2)c1.[Na+].[Na+].[Na+].[Na+].[Na+].[Na+]. The molecule has 6 rings (SSSR count). The van der Waals surface area contributed by atoms with Crippen molar-refractivity contribution in [3.05, 3.63) is 83.9 Å². The normalized spacial score (nSPS) is 11.1. The molecule has 0 bridgehead atoms. The number of aromatic nitrogens is 6. The summed E-state index contributed by atoms with van der Waals surface area (Å²) in [6, 6.07) is 13.7. The van der Waals surface area contributed by atoms with Crippen LogP contribution in [0, 0.1) is 0 Å². The van der Waals surface area contributed by atoms with Gasteiger partial charge in [0.25, 0.3) is 0 Å². The fraction of sp³-hybridized carbons (Fsp3) is 0.200. The number of benzene rings is 4. The Morgan fingerprint density at radius 2 is 0.884 bits per heavy atom. The van der Waals surface area contributed by atoms with Gasteiger partial charge in [-0.3, -0.25) is 15.1 Å². The molecule has 0 saturated carbocycles.